The first-order valence-corrected chi connectivity index (χ1v) is 10.2. The van der Waals surface area contributed by atoms with Gasteiger partial charge in [0.2, 0.25) is 0 Å². The third-order valence-corrected chi connectivity index (χ3v) is 5.44. The predicted octanol–water partition coefficient (Wildman–Crippen LogP) is 4.54. The lowest BCUT2D eigenvalue weighted by molar-refractivity contribution is 0.0734. The van der Waals surface area contributed by atoms with Crippen LogP contribution in [-0.4, -0.2) is 37.8 Å². The molecule has 138 valence electrons. The Balaban J connectivity index is 1.87. The van der Waals surface area contributed by atoms with E-state index < -0.39 is 0 Å². The average Bonchev–Trinajstić information content (AvgIpc) is 3.17. The van der Waals surface area contributed by atoms with Crippen molar-refractivity contribution in [3.63, 3.8) is 0 Å². The van der Waals surface area contributed by atoms with Gasteiger partial charge in [0.05, 0.1) is 20.3 Å². The molecule has 1 saturated heterocycles. The van der Waals surface area contributed by atoms with E-state index in [0.717, 1.165) is 47.8 Å². The van der Waals surface area contributed by atoms with Crippen LogP contribution in [0.4, 0.5) is 0 Å². The highest BCUT2D eigenvalue weighted by Gasteiger charge is 2.32. The first-order valence-electron chi connectivity index (χ1n) is 8.78. The first-order chi connectivity index (χ1) is 12.7. The zero-order valence-corrected chi connectivity index (χ0v) is 16.3. The van der Waals surface area contributed by atoms with E-state index in [9.17, 15) is 4.79 Å². The highest BCUT2D eigenvalue weighted by Crippen LogP contribution is 2.39. The number of nitrogens with zero attached hydrogens (tertiary/aromatic N) is 1. The molecule has 3 rings (SSSR count). The monoisotopic (exact) mass is 371 g/mol. The van der Waals surface area contributed by atoms with Crippen LogP contribution in [0.25, 0.3) is 0 Å². The molecule has 26 heavy (non-hydrogen) atoms. The summed E-state index contributed by atoms with van der Waals surface area (Å²) in [7, 11) is 3.32. The molecular formula is C21H25NO3S. The van der Waals surface area contributed by atoms with Gasteiger partial charge in [0, 0.05) is 23.4 Å². The van der Waals surface area contributed by atoms with Gasteiger partial charge in [-0.15, -0.1) is 0 Å². The molecule has 4 nitrogen and oxygen atoms in total. The van der Waals surface area contributed by atoms with Crippen molar-refractivity contribution in [3.8, 4) is 11.5 Å². The molecule has 0 saturated carbocycles. The Morgan fingerprint density at radius 2 is 1.92 bits per heavy atom. The molecule has 0 radical (unpaired) electrons. The summed E-state index contributed by atoms with van der Waals surface area (Å²) in [5.41, 5.74) is 2.99. The van der Waals surface area contributed by atoms with Gasteiger partial charge in [0.25, 0.3) is 5.91 Å². The largest absolute Gasteiger partial charge is 0.497 e. The van der Waals surface area contributed by atoms with Crippen molar-refractivity contribution >= 4 is 17.7 Å². The smallest absolute Gasteiger partial charge is 0.254 e. The molecule has 0 N–H and O–H groups in total. The maximum absolute atomic E-state index is 13.1. The van der Waals surface area contributed by atoms with Crippen LogP contribution < -0.4 is 9.47 Å². The summed E-state index contributed by atoms with van der Waals surface area (Å²) in [6.45, 7) is 0.760. The van der Waals surface area contributed by atoms with Gasteiger partial charge in [-0.1, -0.05) is 12.1 Å². The minimum Gasteiger partial charge on any atom is -0.497 e. The van der Waals surface area contributed by atoms with Gasteiger partial charge in [0.1, 0.15) is 11.5 Å². The van der Waals surface area contributed by atoms with E-state index in [0.29, 0.717) is 0 Å². The number of amides is 1. The number of ether oxygens (including phenoxy) is 2. The van der Waals surface area contributed by atoms with Gasteiger partial charge >= 0.3 is 0 Å². The van der Waals surface area contributed by atoms with E-state index in [4.69, 9.17) is 9.47 Å². The van der Waals surface area contributed by atoms with Gasteiger partial charge in [-0.3, -0.25) is 4.79 Å². The van der Waals surface area contributed by atoms with Crippen LogP contribution in [0.3, 0.4) is 0 Å². The maximum atomic E-state index is 13.1. The summed E-state index contributed by atoms with van der Waals surface area (Å²) in [4.78, 5) is 15.1. The lowest BCUT2D eigenvalue weighted by Gasteiger charge is -2.27. The average molecular weight is 372 g/mol. The number of carbonyl (C=O) groups is 1. The fraction of sp³-hybridized carbons (Fsp3) is 0.381. The molecule has 0 bridgehead atoms. The fourth-order valence-corrected chi connectivity index (χ4v) is 4.03. The standard InChI is InChI=1S/C21H25NO3S/c1-24-17-10-11-20(25-2)18(13-17)19-5-4-12-22(19)21(23)16-8-6-15(7-9-16)14-26-3/h6-11,13,19H,4-5,12,14H2,1-3H3. The van der Waals surface area contributed by atoms with Gasteiger partial charge < -0.3 is 14.4 Å². The minimum absolute atomic E-state index is 0.0124. The Hall–Kier alpha value is -2.14. The summed E-state index contributed by atoms with van der Waals surface area (Å²) >= 11 is 1.78. The zero-order chi connectivity index (χ0) is 18.5. The van der Waals surface area contributed by atoms with E-state index >= 15 is 0 Å². The second-order valence-corrected chi connectivity index (χ2v) is 7.26. The summed E-state index contributed by atoms with van der Waals surface area (Å²) in [6, 6.07) is 13.7. The Kier molecular flexibility index (Phi) is 6.09. The second kappa shape index (κ2) is 8.49. The highest BCUT2D eigenvalue weighted by atomic mass is 32.2. The fourth-order valence-electron chi connectivity index (χ4n) is 3.51. The minimum atomic E-state index is 0.0124. The van der Waals surface area contributed by atoms with Crippen LogP contribution in [0, 0.1) is 0 Å². The molecule has 1 fully saturated rings. The van der Waals surface area contributed by atoms with Gasteiger partial charge in [-0.05, 0) is 55.0 Å². The molecule has 0 spiro atoms. The van der Waals surface area contributed by atoms with E-state index in [2.05, 4.69) is 6.26 Å². The van der Waals surface area contributed by atoms with Crippen molar-refractivity contribution in [1.82, 2.24) is 4.90 Å². The van der Waals surface area contributed by atoms with E-state index in [1.807, 2.05) is 47.4 Å². The van der Waals surface area contributed by atoms with Crippen LogP contribution >= 0.6 is 11.8 Å². The second-order valence-electron chi connectivity index (χ2n) is 6.39. The predicted molar refractivity (Wildman–Crippen MR) is 106 cm³/mol. The molecule has 1 aliphatic rings. The van der Waals surface area contributed by atoms with E-state index in [1.54, 1.807) is 26.0 Å². The quantitative estimate of drug-likeness (QED) is 0.747. The van der Waals surface area contributed by atoms with E-state index in [-0.39, 0.29) is 11.9 Å². The number of rotatable bonds is 6. The van der Waals surface area contributed by atoms with Crippen LogP contribution in [0.15, 0.2) is 42.5 Å². The topological polar surface area (TPSA) is 38.8 Å². The Morgan fingerprint density at radius 1 is 1.15 bits per heavy atom. The number of hydrogen-bond acceptors (Lipinski definition) is 4. The number of carbonyl (C=O) groups excluding carboxylic acids is 1. The molecule has 2 aromatic carbocycles. The highest BCUT2D eigenvalue weighted by molar-refractivity contribution is 7.97. The molecule has 1 amide bonds. The summed E-state index contributed by atoms with van der Waals surface area (Å²) in [6.07, 6.45) is 4.00. The van der Waals surface area contributed by atoms with Crippen LogP contribution in [0.1, 0.15) is 40.4 Å². The van der Waals surface area contributed by atoms with Crippen molar-refractivity contribution < 1.29 is 14.3 Å². The normalized spacial score (nSPS) is 16.6. The molecule has 1 unspecified atom stereocenters. The first kappa shape index (κ1) is 18.6. The summed E-state index contributed by atoms with van der Waals surface area (Å²) in [5, 5.41) is 0. The Bertz CT molecular complexity index is 760. The van der Waals surface area contributed by atoms with Crippen molar-refractivity contribution in [2.45, 2.75) is 24.6 Å². The Morgan fingerprint density at radius 3 is 2.58 bits per heavy atom. The SMILES string of the molecule is COc1ccc(OC)c(C2CCCN2C(=O)c2ccc(CSC)cc2)c1. The molecule has 1 aliphatic heterocycles. The number of methoxy groups -OCH3 is 2. The van der Waals surface area contributed by atoms with Crippen molar-refractivity contribution in [1.29, 1.82) is 0 Å². The molecule has 0 aliphatic carbocycles. The number of hydrogen-bond donors (Lipinski definition) is 0. The molecular weight excluding hydrogens is 346 g/mol. The maximum Gasteiger partial charge on any atom is 0.254 e. The third kappa shape index (κ3) is 3.83. The van der Waals surface area contributed by atoms with Crippen molar-refractivity contribution in [2.24, 2.45) is 0 Å². The molecule has 1 heterocycles. The van der Waals surface area contributed by atoms with Gasteiger partial charge in [-0.2, -0.15) is 11.8 Å². The number of benzene rings is 2. The molecule has 1 atom stereocenters. The summed E-state index contributed by atoms with van der Waals surface area (Å²) in [5.74, 6) is 2.61. The summed E-state index contributed by atoms with van der Waals surface area (Å²) < 4.78 is 10.9. The van der Waals surface area contributed by atoms with Gasteiger partial charge in [-0.25, -0.2) is 0 Å². The number of likely N-dealkylation sites (tertiary alicyclic amines) is 1. The van der Waals surface area contributed by atoms with Crippen molar-refractivity contribution in [2.75, 3.05) is 27.0 Å². The van der Waals surface area contributed by atoms with Crippen molar-refractivity contribution in [3.05, 3.63) is 59.2 Å². The molecule has 5 heteroatoms. The van der Waals surface area contributed by atoms with Crippen LogP contribution in [-0.2, 0) is 5.75 Å². The molecule has 0 aromatic heterocycles. The lowest BCUT2D eigenvalue weighted by atomic mass is 10.0. The Labute approximate surface area is 159 Å². The van der Waals surface area contributed by atoms with Crippen LogP contribution in [0.5, 0.6) is 11.5 Å². The molecule has 2 aromatic rings. The third-order valence-electron chi connectivity index (χ3n) is 4.82. The lowest BCUT2D eigenvalue weighted by Crippen LogP contribution is -2.30. The number of thioether (sulfide) groups is 1. The van der Waals surface area contributed by atoms with Crippen LogP contribution in [0.2, 0.25) is 0 Å². The zero-order valence-electron chi connectivity index (χ0n) is 15.5. The van der Waals surface area contributed by atoms with E-state index in [1.165, 1.54) is 5.56 Å². The van der Waals surface area contributed by atoms with Gasteiger partial charge in [0.15, 0.2) is 0 Å².